The highest BCUT2D eigenvalue weighted by Gasteiger charge is 2.36. The van der Waals surface area contributed by atoms with Gasteiger partial charge in [0.25, 0.3) is 10.1 Å². The number of hydrogen-bond donors (Lipinski definition) is 2. The summed E-state index contributed by atoms with van der Waals surface area (Å²) in [6, 6.07) is 17.3. The maximum Gasteiger partial charge on any atom is 0.291 e. The van der Waals surface area contributed by atoms with E-state index in [-0.39, 0.29) is 18.8 Å². The smallest absolute Gasteiger partial charge is 0.291 e. The molecule has 2 rings (SSSR count). The summed E-state index contributed by atoms with van der Waals surface area (Å²) in [4.78, 5) is 12.9. The first-order valence-electron chi connectivity index (χ1n) is 7.31. The van der Waals surface area contributed by atoms with Crippen molar-refractivity contribution >= 4 is 15.9 Å². The normalized spacial score (nSPS) is 14.1. The zero-order chi connectivity index (χ0) is 17.6. The minimum Gasteiger partial charge on any atom is -0.378 e. The molecule has 7 heteroatoms. The van der Waals surface area contributed by atoms with Gasteiger partial charge in [0.2, 0.25) is 0 Å². The summed E-state index contributed by atoms with van der Waals surface area (Å²) in [7, 11) is -4.03. The van der Waals surface area contributed by atoms with Crippen molar-refractivity contribution in [2.24, 2.45) is 5.73 Å². The highest BCUT2D eigenvalue weighted by molar-refractivity contribution is 7.86. The van der Waals surface area contributed by atoms with Crippen molar-refractivity contribution in [2.45, 2.75) is 12.0 Å². The molecular weight excluding hydrogens is 330 g/mol. The lowest BCUT2D eigenvalue weighted by molar-refractivity contribution is 0.0859. The zero-order valence-electron chi connectivity index (χ0n) is 13.0. The second-order valence-electron chi connectivity index (χ2n) is 5.29. The Morgan fingerprint density at radius 3 is 2.12 bits per heavy atom. The first kappa shape index (κ1) is 18.3. The third-order valence-corrected chi connectivity index (χ3v) is 4.49. The highest BCUT2D eigenvalue weighted by atomic mass is 32.2. The number of rotatable bonds is 8. The van der Waals surface area contributed by atoms with E-state index in [0.29, 0.717) is 11.1 Å². The predicted octanol–water partition coefficient (Wildman–Crippen LogP) is 1.41. The van der Waals surface area contributed by atoms with Crippen LogP contribution in [-0.4, -0.2) is 31.9 Å². The van der Waals surface area contributed by atoms with Gasteiger partial charge in [-0.1, -0.05) is 60.7 Å². The van der Waals surface area contributed by atoms with Crippen LogP contribution >= 0.6 is 0 Å². The number of carbonyl (C=O) groups excluding carboxylic acids is 1. The van der Waals surface area contributed by atoms with Gasteiger partial charge >= 0.3 is 0 Å². The number of hydrogen-bond acceptors (Lipinski definition) is 6. The lowest BCUT2D eigenvalue weighted by Gasteiger charge is -2.28. The fourth-order valence-corrected chi connectivity index (χ4v) is 2.75. The van der Waals surface area contributed by atoms with Gasteiger partial charge in [0, 0.05) is 12.0 Å². The van der Waals surface area contributed by atoms with Crippen LogP contribution in [0.2, 0.25) is 0 Å². The van der Waals surface area contributed by atoms with Crippen LogP contribution in [0.3, 0.4) is 0 Å². The fraction of sp³-hybridized carbons (Fsp3) is 0.235. The summed E-state index contributed by atoms with van der Waals surface area (Å²) in [5.74, 6) is -1.46. The van der Waals surface area contributed by atoms with Gasteiger partial charge in [-0.2, -0.15) is 8.42 Å². The maximum absolute atomic E-state index is 12.9. The molecule has 0 heterocycles. The standard InChI is InChI=1S/C17H19NO5S/c18-17(15-9-5-2-6-10-15,11-12-23-24(21,22)13-19)16(20)14-7-3-1-4-8-14/h1-10,19H,11-13,18H2. The van der Waals surface area contributed by atoms with Crippen LogP contribution in [0.4, 0.5) is 0 Å². The molecule has 0 aliphatic rings. The van der Waals surface area contributed by atoms with E-state index in [9.17, 15) is 13.2 Å². The fourth-order valence-electron chi connectivity index (χ4n) is 2.34. The second-order valence-corrected chi connectivity index (χ2v) is 6.90. The van der Waals surface area contributed by atoms with Crippen molar-refractivity contribution in [3.05, 3.63) is 71.8 Å². The summed E-state index contributed by atoms with van der Waals surface area (Å²) in [6.45, 7) is -0.313. The molecule has 1 atom stereocenters. The Bertz CT molecular complexity index is 777. The van der Waals surface area contributed by atoms with Gasteiger partial charge in [0.05, 0.1) is 6.61 Å². The van der Waals surface area contributed by atoms with Crippen LogP contribution in [0.5, 0.6) is 0 Å². The second kappa shape index (κ2) is 7.67. The SMILES string of the molecule is NC(CCOS(=O)(=O)CO)(C(=O)c1ccccc1)c1ccccc1. The molecule has 0 aliphatic carbocycles. The summed E-state index contributed by atoms with van der Waals surface area (Å²) < 4.78 is 27.2. The molecule has 0 saturated carbocycles. The Morgan fingerprint density at radius 2 is 1.58 bits per heavy atom. The molecule has 0 aliphatic heterocycles. The minimum absolute atomic E-state index is 0.0516. The topological polar surface area (TPSA) is 107 Å². The lowest BCUT2D eigenvalue weighted by Crippen LogP contribution is -2.46. The molecule has 0 fully saturated rings. The number of ketones is 1. The zero-order valence-corrected chi connectivity index (χ0v) is 13.8. The monoisotopic (exact) mass is 349 g/mol. The third kappa shape index (κ3) is 4.27. The Hall–Kier alpha value is -2.06. The van der Waals surface area contributed by atoms with Crippen molar-refractivity contribution in [2.75, 3.05) is 12.5 Å². The van der Waals surface area contributed by atoms with Gasteiger partial charge in [-0.15, -0.1) is 0 Å². The van der Waals surface area contributed by atoms with E-state index in [1.54, 1.807) is 60.7 Å². The highest BCUT2D eigenvalue weighted by Crippen LogP contribution is 2.27. The van der Waals surface area contributed by atoms with Crippen LogP contribution in [0.15, 0.2) is 60.7 Å². The van der Waals surface area contributed by atoms with E-state index in [0.717, 1.165) is 0 Å². The molecular formula is C17H19NO5S. The number of aliphatic hydroxyl groups is 1. The van der Waals surface area contributed by atoms with Gasteiger partial charge in [-0.3, -0.25) is 8.98 Å². The van der Waals surface area contributed by atoms with E-state index < -0.39 is 21.6 Å². The van der Waals surface area contributed by atoms with E-state index in [1.807, 2.05) is 0 Å². The Kier molecular flexibility index (Phi) is 5.84. The lowest BCUT2D eigenvalue weighted by atomic mass is 9.81. The van der Waals surface area contributed by atoms with E-state index in [4.69, 9.17) is 10.8 Å². The Balaban J connectivity index is 2.30. The molecule has 2 aromatic carbocycles. The van der Waals surface area contributed by atoms with Crippen molar-refractivity contribution in [1.82, 2.24) is 0 Å². The van der Waals surface area contributed by atoms with Crippen molar-refractivity contribution < 1.29 is 22.5 Å². The molecule has 0 bridgehead atoms. The number of carbonyl (C=O) groups is 1. The number of benzene rings is 2. The molecule has 3 N–H and O–H groups in total. The molecule has 0 aromatic heterocycles. The van der Waals surface area contributed by atoms with Crippen molar-refractivity contribution in [3.63, 3.8) is 0 Å². The first-order valence-corrected chi connectivity index (χ1v) is 8.89. The quantitative estimate of drug-likeness (QED) is 0.551. The summed E-state index contributed by atoms with van der Waals surface area (Å²) in [5, 5.41) is 8.72. The molecule has 0 saturated heterocycles. The molecule has 24 heavy (non-hydrogen) atoms. The minimum atomic E-state index is -4.03. The Labute approximate surface area is 141 Å². The molecule has 128 valence electrons. The van der Waals surface area contributed by atoms with Crippen molar-refractivity contribution in [3.8, 4) is 0 Å². The average molecular weight is 349 g/mol. The average Bonchev–Trinajstić information content (AvgIpc) is 2.62. The van der Waals surface area contributed by atoms with Crippen LogP contribution in [0.25, 0.3) is 0 Å². The van der Waals surface area contributed by atoms with Gasteiger partial charge < -0.3 is 10.8 Å². The van der Waals surface area contributed by atoms with Crippen LogP contribution in [0.1, 0.15) is 22.3 Å². The largest absolute Gasteiger partial charge is 0.378 e. The number of nitrogens with two attached hydrogens (primary N) is 1. The molecule has 6 nitrogen and oxygen atoms in total. The van der Waals surface area contributed by atoms with E-state index in [2.05, 4.69) is 4.18 Å². The third-order valence-electron chi connectivity index (χ3n) is 3.65. The molecule has 0 spiro atoms. The van der Waals surface area contributed by atoms with Gasteiger partial charge in [0.1, 0.15) is 5.54 Å². The van der Waals surface area contributed by atoms with Crippen LogP contribution < -0.4 is 5.73 Å². The number of aliphatic hydroxyl groups excluding tert-OH is 1. The van der Waals surface area contributed by atoms with Crippen molar-refractivity contribution in [1.29, 1.82) is 0 Å². The predicted molar refractivity (Wildman–Crippen MR) is 89.7 cm³/mol. The van der Waals surface area contributed by atoms with E-state index >= 15 is 0 Å². The van der Waals surface area contributed by atoms with Gasteiger partial charge in [0.15, 0.2) is 11.7 Å². The summed E-state index contributed by atoms with van der Waals surface area (Å²) >= 11 is 0. The molecule has 2 aromatic rings. The van der Waals surface area contributed by atoms with Gasteiger partial charge in [-0.25, -0.2) is 0 Å². The number of Topliss-reactive ketones (excluding diaryl/α,β-unsaturated/α-hetero) is 1. The summed E-state index contributed by atoms with van der Waals surface area (Å²) in [5.41, 5.74) is 5.93. The maximum atomic E-state index is 12.9. The van der Waals surface area contributed by atoms with E-state index in [1.165, 1.54) is 0 Å². The first-order chi connectivity index (χ1) is 11.4. The van der Waals surface area contributed by atoms with Crippen LogP contribution in [-0.2, 0) is 19.8 Å². The molecule has 1 unspecified atom stereocenters. The van der Waals surface area contributed by atoms with Gasteiger partial charge in [-0.05, 0) is 5.56 Å². The molecule has 0 radical (unpaired) electrons. The Morgan fingerprint density at radius 1 is 1.04 bits per heavy atom. The molecule has 0 amide bonds. The summed E-state index contributed by atoms with van der Waals surface area (Å²) in [6.07, 6.45) is -0.0516. The van der Waals surface area contributed by atoms with Crippen LogP contribution in [0, 0.1) is 0 Å².